The molecule has 0 saturated heterocycles. The molecule has 5 aliphatic rings. The van der Waals surface area contributed by atoms with Crippen molar-refractivity contribution in [2.75, 3.05) is 0 Å². The maximum Gasteiger partial charge on any atom is 0.306 e. The topological polar surface area (TPSA) is 54.4 Å². The van der Waals surface area contributed by atoms with E-state index in [0.29, 0.717) is 29.5 Å². The Balaban J connectivity index is 1.57. The number of Topliss-reactive ketones (excluding diaryl/α,β-unsaturated/α-hetero) is 1. The van der Waals surface area contributed by atoms with Crippen LogP contribution in [0.4, 0.5) is 0 Å². The van der Waals surface area contributed by atoms with Gasteiger partial charge in [0.05, 0.1) is 5.92 Å². The van der Waals surface area contributed by atoms with Crippen LogP contribution in [0.5, 0.6) is 0 Å². The number of carbonyl (C=O) groups excluding carboxylic acids is 1. The van der Waals surface area contributed by atoms with E-state index in [9.17, 15) is 14.7 Å². The number of hydrogen-bond acceptors (Lipinski definition) is 2. The monoisotopic (exact) mass is 454 g/mol. The summed E-state index contributed by atoms with van der Waals surface area (Å²) in [5.41, 5.74) is 2.07. The van der Waals surface area contributed by atoms with Crippen LogP contribution in [-0.2, 0) is 9.59 Å². The standard InChI is InChI=1S/C30H46O3/c1-26(2)16-19-18(20(17-26)25(32)33)10-14-29(6)21(19)8-9-23-28(5)13-12-24(31)27(3,4)22(28)11-15-30(23,29)7/h8,18-20,22-23H,9-17H2,1-7H3,(H,32,33)/t18-,19?,20+,22?,23?,28-,29+,30+/m0/s1. The van der Waals surface area contributed by atoms with Gasteiger partial charge in [0.1, 0.15) is 5.78 Å². The van der Waals surface area contributed by atoms with Crippen molar-refractivity contribution in [2.45, 2.75) is 106 Å². The lowest BCUT2D eigenvalue weighted by Crippen LogP contribution is -2.63. The summed E-state index contributed by atoms with van der Waals surface area (Å²) in [6, 6.07) is 0. The largest absolute Gasteiger partial charge is 0.481 e. The minimum Gasteiger partial charge on any atom is -0.481 e. The predicted octanol–water partition coefficient (Wildman–Crippen LogP) is 7.30. The van der Waals surface area contributed by atoms with Crippen molar-refractivity contribution in [3.63, 3.8) is 0 Å². The van der Waals surface area contributed by atoms with E-state index in [1.54, 1.807) is 5.57 Å². The van der Waals surface area contributed by atoms with Crippen LogP contribution in [0.15, 0.2) is 11.6 Å². The van der Waals surface area contributed by atoms with Gasteiger partial charge in [-0.1, -0.05) is 60.1 Å². The molecule has 8 atom stereocenters. The van der Waals surface area contributed by atoms with E-state index in [4.69, 9.17) is 0 Å². The molecule has 0 radical (unpaired) electrons. The van der Waals surface area contributed by atoms with E-state index in [0.717, 1.165) is 51.4 Å². The van der Waals surface area contributed by atoms with Crippen LogP contribution < -0.4 is 0 Å². The van der Waals surface area contributed by atoms with Crippen molar-refractivity contribution < 1.29 is 14.7 Å². The highest BCUT2D eigenvalue weighted by molar-refractivity contribution is 5.85. The Morgan fingerprint density at radius 1 is 0.939 bits per heavy atom. The average Bonchev–Trinajstić information content (AvgIpc) is 2.70. The highest BCUT2D eigenvalue weighted by Crippen LogP contribution is 2.74. The van der Waals surface area contributed by atoms with Gasteiger partial charge in [0.2, 0.25) is 0 Å². The first-order valence-electron chi connectivity index (χ1n) is 13.6. The van der Waals surface area contributed by atoms with Gasteiger partial charge in [0.15, 0.2) is 0 Å². The Bertz CT molecular complexity index is 912. The Hall–Kier alpha value is -1.12. The normalized spacial score (nSPS) is 50.2. The third-order valence-corrected chi connectivity index (χ3v) is 12.5. The smallest absolute Gasteiger partial charge is 0.306 e. The molecule has 5 aliphatic carbocycles. The summed E-state index contributed by atoms with van der Waals surface area (Å²) in [5, 5.41) is 10.1. The molecule has 0 heterocycles. The SMILES string of the molecule is CC1(C)CC2C3=CCC4[C@@]5(C)CCC(=O)C(C)(C)C5CC[C@@]4(C)[C@]3(C)CC[C@@H]2[C@H](C(=O)O)C1. The van der Waals surface area contributed by atoms with Crippen molar-refractivity contribution in [3.8, 4) is 0 Å². The number of carboxylic acids is 1. The molecule has 0 aromatic carbocycles. The molecule has 4 saturated carbocycles. The molecular weight excluding hydrogens is 408 g/mol. The summed E-state index contributed by atoms with van der Waals surface area (Å²) in [6.45, 7) is 16.6. The summed E-state index contributed by atoms with van der Waals surface area (Å²) < 4.78 is 0. The molecule has 3 heteroatoms. The molecule has 0 spiro atoms. The van der Waals surface area contributed by atoms with E-state index in [2.05, 4.69) is 54.5 Å². The van der Waals surface area contributed by atoms with Gasteiger partial charge in [-0.2, -0.15) is 0 Å². The fraction of sp³-hybridized carbons (Fsp3) is 0.867. The molecule has 5 rings (SSSR count). The van der Waals surface area contributed by atoms with Crippen LogP contribution in [-0.4, -0.2) is 16.9 Å². The lowest BCUT2D eigenvalue weighted by atomic mass is 9.34. The fourth-order valence-corrected chi connectivity index (χ4v) is 10.7. The Labute approximate surface area is 201 Å². The first-order chi connectivity index (χ1) is 15.2. The number of aliphatic carboxylic acids is 1. The molecule has 0 aromatic rings. The van der Waals surface area contributed by atoms with E-state index in [1.807, 2.05) is 0 Å². The molecule has 3 nitrogen and oxygen atoms in total. The number of fused-ring (bicyclic) bond motifs is 7. The van der Waals surface area contributed by atoms with Crippen LogP contribution in [0, 0.1) is 56.7 Å². The lowest BCUT2D eigenvalue weighted by Gasteiger charge is -2.70. The summed E-state index contributed by atoms with van der Waals surface area (Å²) in [4.78, 5) is 25.2. The van der Waals surface area contributed by atoms with Gasteiger partial charge in [-0.15, -0.1) is 0 Å². The second-order valence-corrected chi connectivity index (χ2v) is 14.8. The maximum absolute atomic E-state index is 12.9. The Morgan fingerprint density at radius 2 is 1.64 bits per heavy atom. The third-order valence-electron chi connectivity index (χ3n) is 12.5. The molecular formula is C30H46O3. The zero-order chi connectivity index (χ0) is 24.2. The van der Waals surface area contributed by atoms with Crippen molar-refractivity contribution in [1.29, 1.82) is 0 Å². The van der Waals surface area contributed by atoms with Crippen molar-refractivity contribution in [2.24, 2.45) is 56.7 Å². The number of hydrogen-bond donors (Lipinski definition) is 1. The van der Waals surface area contributed by atoms with Gasteiger partial charge in [-0.3, -0.25) is 9.59 Å². The van der Waals surface area contributed by atoms with Crippen LogP contribution in [0.25, 0.3) is 0 Å². The molecule has 184 valence electrons. The van der Waals surface area contributed by atoms with Crippen molar-refractivity contribution in [3.05, 3.63) is 11.6 Å². The highest BCUT2D eigenvalue weighted by atomic mass is 16.4. The van der Waals surface area contributed by atoms with Crippen LogP contribution in [0.3, 0.4) is 0 Å². The van der Waals surface area contributed by atoms with Gasteiger partial charge >= 0.3 is 5.97 Å². The maximum atomic E-state index is 12.9. The summed E-state index contributed by atoms with van der Waals surface area (Å²) in [5.74, 6) is 1.49. The van der Waals surface area contributed by atoms with Crippen LogP contribution >= 0.6 is 0 Å². The first-order valence-corrected chi connectivity index (χ1v) is 13.6. The zero-order valence-corrected chi connectivity index (χ0v) is 22.1. The molecule has 0 bridgehead atoms. The number of carbonyl (C=O) groups is 2. The molecule has 33 heavy (non-hydrogen) atoms. The Morgan fingerprint density at radius 3 is 2.30 bits per heavy atom. The van der Waals surface area contributed by atoms with E-state index >= 15 is 0 Å². The minimum atomic E-state index is -0.580. The molecule has 0 amide bonds. The second-order valence-electron chi connectivity index (χ2n) is 14.8. The van der Waals surface area contributed by atoms with Gasteiger partial charge < -0.3 is 5.11 Å². The van der Waals surface area contributed by atoms with E-state index in [-0.39, 0.29) is 33.0 Å². The van der Waals surface area contributed by atoms with Gasteiger partial charge in [-0.25, -0.2) is 0 Å². The summed E-state index contributed by atoms with van der Waals surface area (Å²) >= 11 is 0. The van der Waals surface area contributed by atoms with Crippen LogP contribution in [0.2, 0.25) is 0 Å². The molecule has 3 unspecified atom stereocenters. The van der Waals surface area contributed by atoms with Crippen LogP contribution in [0.1, 0.15) is 106 Å². The number of allylic oxidation sites excluding steroid dienone is 2. The third kappa shape index (κ3) is 2.99. The minimum absolute atomic E-state index is 0.0818. The summed E-state index contributed by atoms with van der Waals surface area (Å²) in [6.07, 6.45) is 12.0. The molecule has 4 fully saturated rings. The lowest BCUT2D eigenvalue weighted by molar-refractivity contribution is -0.183. The molecule has 0 aromatic heterocycles. The fourth-order valence-electron chi connectivity index (χ4n) is 10.7. The molecule has 1 N–H and O–H groups in total. The van der Waals surface area contributed by atoms with E-state index < -0.39 is 5.97 Å². The first kappa shape index (κ1) is 23.6. The summed E-state index contributed by atoms with van der Waals surface area (Å²) in [7, 11) is 0. The quantitative estimate of drug-likeness (QED) is 0.423. The number of carboxylic acid groups (broad SMARTS) is 1. The van der Waals surface area contributed by atoms with Gasteiger partial charge in [0.25, 0.3) is 0 Å². The second kappa shape index (κ2) is 6.97. The number of rotatable bonds is 1. The van der Waals surface area contributed by atoms with E-state index in [1.165, 1.54) is 6.42 Å². The Kier molecular flexibility index (Phi) is 4.99. The molecule has 0 aliphatic heterocycles. The van der Waals surface area contributed by atoms with Gasteiger partial charge in [-0.05, 0) is 96.7 Å². The average molecular weight is 455 g/mol. The van der Waals surface area contributed by atoms with Crippen molar-refractivity contribution >= 4 is 11.8 Å². The predicted molar refractivity (Wildman–Crippen MR) is 132 cm³/mol. The number of ketones is 1. The zero-order valence-electron chi connectivity index (χ0n) is 22.1. The highest BCUT2D eigenvalue weighted by Gasteiger charge is 2.67. The van der Waals surface area contributed by atoms with Crippen molar-refractivity contribution in [1.82, 2.24) is 0 Å². The van der Waals surface area contributed by atoms with Gasteiger partial charge in [0, 0.05) is 11.8 Å².